The molecule has 19 heavy (non-hydrogen) atoms. The SMILES string of the molecule is O=C(NCCNCC(O)c1cccc(Br)c1)C1CC1. The van der Waals surface area contributed by atoms with E-state index < -0.39 is 6.10 Å². The van der Waals surface area contributed by atoms with Crippen molar-refractivity contribution >= 4 is 21.8 Å². The molecule has 0 saturated heterocycles. The first kappa shape index (κ1) is 14.5. The Hall–Kier alpha value is -0.910. The maximum atomic E-state index is 11.4. The molecule has 1 amide bonds. The Morgan fingerprint density at radius 2 is 2.21 bits per heavy atom. The van der Waals surface area contributed by atoms with Gasteiger partial charge in [0.05, 0.1) is 6.10 Å². The average molecular weight is 327 g/mol. The Balaban J connectivity index is 1.61. The van der Waals surface area contributed by atoms with Crippen LogP contribution in [-0.4, -0.2) is 30.6 Å². The van der Waals surface area contributed by atoms with Crippen molar-refractivity contribution in [3.05, 3.63) is 34.3 Å². The summed E-state index contributed by atoms with van der Waals surface area (Å²) < 4.78 is 0.959. The summed E-state index contributed by atoms with van der Waals surface area (Å²) in [5.41, 5.74) is 0.879. The monoisotopic (exact) mass is 326 g/mol. The Labute approximate surface area is 121 Å². The largest absolute Gasteiger partial charge is 0.387 e. The molecule has 5 heteroatoms. The molecule has 104 valence electrons. The number of benzene rings is 1. The summed E-state index contributed by atoms with van der Waals surface area (Å²) >= 11 is 3.38. The molecule has 0 spiro atoms. The van der Waals surface area contributed by atoms with Crippen molar-refractivity contribution in [3.63, 3.8) is 0 Å². The van der Waals surface area contributed by atoms with Crippen LogP contribution in [-0.2, 0) is 4.79 Å². The highest BCUT2D eigenvalue weighted by Crippen LogP contribution is 2.28. The Morgan fingerprint density at radius 3 is 2.89 bits per heavy atom. The van der Waals surface area contributed by atoms with E-state index in [-0.39, 0.29) is 11.8 Å². The van der Waals surface area contributed by atoms with Crippen LogP contribution < -0.4 is 10.6 Å². The van der Waals surface area contributed by atoms with Crippen molar-refractivity contribution in [2.45, 2.75) is 18.9 Å². The summed E-state index contributed by atoms with van der Waals surface area (Å²) in [6, 6.07) is 7.63. The second-order valence-corrected chi connectivity index (χ2v) is 5.76. The lowest BCUT2D eigenvalue weighted by atomic mass is 10.1. The maximum absolute atomic E-state index is 11.4. The second kappa shape index (κ2) is 7.03. The summed E-state index contributed by atoms with van der Waals surface area (Å²) in [4.78, 5) is 11.4. The van der Waals surface area contributed by atoms with Crippen LogP contribution in [0.4, 0.5) is 0 Å². The topological polar surface area (TPSA) is 61.4 Å². The lowest BCUT2D eigenvalue weighted by Gasteiger charge is -2.12. The van der Waals surface area contributed by atoms with Gasteiger partial charge >= 0.3 is 0 Å². The van der Waals surface area contributed by atoms with Gasteiger partial charge in [0.25, 0.3) is 0 Å². The standard InChI is InChI=1S/C14H19BrN2O2/c15-12-3-1-2-11(8-12)13(18)9-16-6-7-17-14(19)10-4-5-10/h1-3,8,10,13,16,18H,4-7,9H2,(H,17,19). The smallest absolute Gasteiger partial charge is 0.223 e. The van der Waals surface area contributed by atoms with Crippen molar-refractivity contribution in [1.82, 2.24) is 10.6 Å². The van der Waals surface area contributed by atoms with Gasteiger partial charge in [-0.25, -0.2) is 0 Å². The van der Waals surface area contributed by atoms with Gasteiger partial charge in [-0.3, -0.25) is 4.79 Å². The Bertz CT molecular complexity index is 435. The van der Waals surface area contributed by atoms with E-state index in [0.29, 0.717) is 19.6 Å². The molecule has 1 aliphatic rings. The molecular formula is C14H19BrN2O2. The minimum atomic E-state index is -0.531. The van der Waals surface area contributed by atoms with Crippen LogP contribution >= 0.6 is 15.9 Å². The van der Waals surface area contributed by atoms with Gasteiger partial charge in [0, 0.05) is 30.0 Å². The molecule has 1 saturated carbocycles. The highest BCUT2D eigenvalue weighted by Gasteiger charge is 2.28. The first-order chi connectivity index (χ1) is 9.16. The van der Waals surface area contributed by atoms with Gasteiger partial charge in [-0.15, -0.1) is 0 Å². The third-order valence-electron chi connectivity index (χ3n) is 3.12. The number of nitrogens with one attached hydrogen (secondary N) is 2. The summed E-state index contributed by atoms with van der Waals surface area (Å²) in [7, 11) is 0. The van der Waals surface area contributed by atoms with Crippen molar-refractivity contribution < 1.29 is 9.90 Å². The molecule has 1 aromatic carbocycles. The number of amides is 1. The number of aliphatic hydroxyl groups is 1. The lowest BCUT2D eigenvalue weighted by Crippen LogP contribution is -2.34. The normalized spacial score (nSPS) is 16.1. The van der Waals surface area contributed by atoms with Crippen molar-refractivity contribution in [2.24, 2.45) is 5.92 Å². The molecule has 3 N–H and O–H groups in total. The van der Waals surface area contributed by atoms with Crippen molar-refractivity contribution in [3.8, 4) is 0 Å². The zero-order valence-corrected chi connectivity index (χ0v) is 12.3. The fourth-order valence-electron chi connectivity index (χ4n) is 1.83. The zero-order chi connectivity index (χ0) is 13.7. The number of rotatable bonds is 7. The van der Waals surface area contributed by atoms with E-state index in [1.54, 1.807) is 0 Å². The van der Waals surface area contributed by atoms with Gasteiger partial charge in [0.1, 0.15) is 0 Å². The Kier molecular flexibility index (Phi) is 5.36. The summed E-state index contributed by atoms with van der Waals surface area (Å²) in [6.07, 6.45) is 1.53. The fourth-order valence-corrected chi connectivity index (χ4v) is 2.25. The minimum absolute atomic E-state index is 0.161. The predicted octanol–water partition coefficient (Wildman–Crippen LogP) is 1.60. The maximum Gasteiger partial charge on any atom is 0.223 e. The summed E-state index contributed by atoms with van der Waals surface area (Å²) in [5, 5.41) is 16.0. The van der Waals surface area contributed by atoms with Crippen molar-refractivity contribution in [2.75, 3.05) is 19.6 Å². The number of aliphatic hydroxyl groups excluding tert-OH is 1. The van der Waals surface area contributed by atoms with E-state index in [4.69, 9.17) is 0 Å². The lowest BCUT2D eigenvalue weighted by molar-refractivity contribution is -0.122. The molecule has 4 nitrogen and oxygen atoms in total. The van der Waals surface area contributed by atoms with Gasteiger partial charge in [-0.2, -0.15) is 0 Å². The number of halogens is 1. The summed E-state index contributed by atoms with van der Waals surface area (Å²) in [6.45, 7) is 1.76. The molecular weight excluding hydrogens is 308 g/mol. The molecule has 1 aliphatic carbocycles. The molecule has 1 unspecified atom stereocenters. The highest BCUT2D eigenvalue weighted by molar-refractivity contribution is 9.10. The van der Waals surface area contributed by atoms with E-state index in [1.807, 2.05) is 24.3 Å². The number of carbonyl (C=O) groups is 1. The van der Waals surface area contributed by atoms with Gasteiger partial charge in [-0.1, -0.05) is 28.1 Å². The van der Waals surface area contributed by atoms with Crippen LogP contribution in [0.1, 0.15) is 24.5 Å². The molecule has 0 radical (unpaired) electrons. The fraction of sp³-hybridized carbons (Fsp3) is 0.500. The average Bonchev–Trinajstić information content (AvgIpc) is 3.22. The van der Waals surface area contributed by atoms with E-state index in [0.717, 1.165) is 22.9 Å². The molecule has 2 rings (SSSR count). The van der Waals surface area contributed by atoms with Crippen LogP contribution in [0, 0.1) is 5.92 Å². The zero-order valence-electron chi connectivity index (χ0n) is 10.7. The third kappa shape index (κ3) is 4.93. The van der Waals surface area contributed by atoms with E-state index in [2.05, 4.69) is 26.6 Å². The Morgan fingerprint density at radius 1 is 1.42 bits per heavy atom. The minimum Gasteiger partial charge on any atom is -0.387 e. The van der Waals surface area contributed by atoms with E-state index >= 15 is 0 Å². The first-order valence-electron chi connectivity index (χ1n) is 6.59. The molecule has 1 fully saturated rings. The second-order valence-electron chi connectivity index (χ2n) is 4.84. The van der Waals surface area contributed by atoms with Crippen LogP contribution in [0.2, 0.25) is 0 Å². The molecule has 1 aromatic rings. The molecule has 1 atom stereocenters. The highest BCUT2D eigenvalue weighted by atomic mass is 79.9. The predicted molar refractivity (Wildman–Crippen MR) is 77.7 cm³/mol. The van der Waals surface area contributed by atoms with Gasteiger partial charge in [-0.05, 0) is 30.5 Å². The third-order valence-corrected chi connectivity index (χ3v) is 3.61. The summed E-state index contributed by atoms with van der Waals surface area (Å²) in [5.74, 6) is 0.418. The van der Waals surface area contributed by atoms with Gasteiger partial charge < -0.3 is 15.7 Å². The number of hydrogen-bond acceptors (Lipinski definition) is 3. The van der Waals surface area contributed by atoms with E-state index in [1.165, 1.54) is 0 Å². The molecule has 0 aromatic heterocycles. The van der Waals surface area contributed by atoms with Crippen LogP contribution in [0.25, 0.3) is 0 Å². The quantitative estimate of drug-likeness (QED) is 0.667. The number of carbonyl (C=O) groups excluding carboxylic acids is 1. The molecule has 0 aliphatic heterocycles. The van der Waals surface area contributed by atoms with Crippen LogP contribution in [0.15, 0.2) is 28.7 Å². The molecule has 0 heterocycles. The van der Waals surface area contributed by atoms with Crippen molar-refractivity contribution in [1.29, 1.82) is 0 Å². The molecule has 0 bridgehead atoms. The van der Waals surface area contributed by atoms with Crippen LogP contribution in [0.5, 0.6) is 0 Å². The van der Waals surface area contributed by atoms with E-state index in [9.17, 15) is 9.90 Å². The van der Waals surface area contributed by atoms with Crippen LogP contribution in [0.3, 0.4) is 0 Å². The van der Waals surface area contributed by atoms with Gasteiger partial charge in [0.2, 0.25) is 5.91 Å². The number of hydrogen-bond donors (Lipinski definition) is 3. The first-order valence-corrected chi connectivity index (χ1v) is 7.38. The van der Waals surface area contributed by atoms with Gasteiger partial charge in [0.15, 0.2) is 0 Å².